The van der Waals surface area contributed by atoms with Crippen LogP contribution >= 0.6 is 0 Å². The van der Waals surface area contributed by atoms with Crippen LogP contribution in [-0.4, -0.2) is 73.5 Å². The van der Waals surface area contributed by atoms with Gasteiger partial charge in [0, 0.05) is 44.5 Å². The van der Waals surface area contributed by atoms with Crippen LogP contribution in [0.15, 0.2) is 42.6 Å². The van der Waals surface area contributed by atoms with Crippen molar-refractivity contribution in [2.24, 2.45) is 0 Å². The Morgan fingerprint density at radius 3 is 2.68 bits per heavy atom. The van der Waals surface area contributed by atoms with Gasteiger partial charge in [0.25, 0.3) is 11.8 Å². The van der Waals surface area contributed by atoms with E-state index in [1.54, 1.807) is 24.1 Å². The molecule has 1 N–H and O–H groups in total. The highest BCUT2D eigenvalue weighted by Crippen LogP contribution is 2.13. The number of benzene rings is 1. The fourth-order valence-electron chi connectivity index (χ4n) is 3.11. The van der Waals surface area contributed by atoms with Crippen LogP contribution in [0.2, 0.25) is 0 Å². The number of pyridine rings is 1. The van der Waals surface area contributed by atoms with E-state index < -0.39 is 0 Å². The van der Waals surface area contributed by atoms with Gasteiger partial charge in [-0.25, -0.2) is 0 Å². The van der Waals surface area contributed by atoms with Gasteiger partial charge in [0.05, 0.1) is 7.11 Å². The van der Waals surface area contributed by atoms with Crippen molar-refractivity contribution in [3.05, 3.63) is 59.4 Å². The monoisotopic (exact) mass is 382 g/mol. The topological polar surface area (TPSA) is 74.8 Å². The minimum absolute atomic E-state index is 0.126. The molecular formula is C21H26N4O3. The lowest BCUT2D eigenvalue weighted by atomic mass is 10.1. The Labute approximate surface area is 165 Å². The molecule has 0 atom stereocenters. The van der Waals surface area contributed by atoms with Crippen LogP contribution < -0.4 is 10.1 Å². The van der Waals surface area contributed by atoms with Crippen molar-refractivity contribution in [2.45, 2.75) is 6.42 Å². The van der Waals surface area contributed by atoms with E-state index >= 15 is 0 Å². The molecule has 7 heteroatoms. The smallest absolute Gasteiger partial charge is 0.272 e. The molecular weight excluding hydrogens is 356 g/mol. The molecule has 2 heterocycles. The summed E-state index contributed by atoms with van der Waals surface area (Å²) in [5.41, 5.74) is 1.84. The first-order chi connectivity index (χ1) is 13.6. The number of ether oxygens (including phenoxy) is 1. The number of piperazine rings is 1. The fraction of sp³-hybridized carbons (Fsp3) is 0.381. The highest BCUT2D eigenvalue weighted by atomic mass is 16.5. The number of methoxy groups -OCH3 is 1. The van der Waals surface area contributed by atoms with Crippen molar-refractivity contribution in [1.29, 1.82) is 0 Å². The standard InChI is InChI=1S/C21H26N4O3/c1-24-10-12-25(13-11-24)21(27)19-15-17(7-9-22-19)20(26)23-8-6-16-4-3-5-18(14-16)28-2/h3-5,7,9,14-15H,6,8,10-13H2,1-2H3,(H,23,26). The maximum absolute atomic E-state index is 12.6. The van der Waals surface area contributed by atoms with E-state index in [0.29, 0.717) is 37.3 Å². The first-order valence-corrected chi connectivity index (χ1v) is 9.42. The van der Waals surface area contributed by atoms with E-state index in [9.17, 15) is 9.59 Å². The predicted octanol–water partition coefficient (Wildman–Crippen LogP) is 1.45. The summed E-state index contributed by atoms with van der Waals surface area (Å²) in [4.78, 5) is 33.2. The average molecular weight is 382 g/mol. The van der Waals surface area contributed by atoms with Crippen molar-refractivity contribution < 1.29 is 14.3 Å². The summed E-state index contributed by atoms with van der Waals surface area (Å²) in [6.07, 6.45) is 2.21. The molecule has 3 rings (SSSR count). The molecule has 28 heavy (non-hydrogen) atoms. The number of nitrogens with zero attached hydrogens (tertiary/aromatic N) is 3. The zero-order chi connectivity index (χ0) is 19.9. The van der Waals surface area contributed by atoms with Crippen molar-refractivity contribution >= 4 is 11.8 Å². The molecule has 2 amide bonds. The highest BCUT2D eigenvalue weighted by Gasteiger charge is 2.22. The molecule has 0 radical (unpaired) electrons. The number of likely N-dealkylation sites (N-methyl/N-ethyl adjacent to an activating group) is 1. The third-order valence-electron chi connectivity index (χ3n) is 4.87. The van der Waals surface area contributed by atoms with Crippen LogP contribution in [0.3, 0.4) is 0 Å². The van der Waals surface area contributed by atoms with E-state index in [0.717, 1.165) is 24.4 Å². The van der Waals surface area contributed by atoms with Gasteiger partial charge >= 0.3 is 0 Å². The molecule has 1 saturated heterocycles. The second-order valence-electron chi connectivity index (χ2n) is 6.88. The average Bonchev–Trinajstić information content (AvgIpc) is 2.74. The van der Waals surface area contributed by atoms with Crippen LogP contribution in [0.25, 0.3) is 0 Å². The fourth-order valence-corrected chi connectivity index (χ4v) is 3.11. The minimum Gasteiger partial charge on any atom is -0.497 e. The van der Waals surface area contributed by atoms with E-state index in [-0.39, 0.29) is 11.8 Å². The van der Waals surface area contributed by atoms with Gasteiger partial charge in [-0.2, -0.15) is 0 Å². The molecule has 1 aliphatic rings. The van der Waals surface area contributed by atoms with E-state index in [4.69, 9.17) is 4.74 Å². The van der Waals surface area contributed by atoms with Crippen LogP contribution in [0.4, 0.5) is 0 Å². The maximum atomic E-state index is 12.6. The number of hydrogen-bond donors (Lipinski definition) is 1. The van der Waals surface area contributed by atoms with Crippen LogP contribution in [0.1, 0.15) is 26.4 Å². The molecule has 0 aliphatic carbocycles. The van der Waals surface area contributed by atoms with Gasteiger partial charge < -0.3 is 19.9 Å². The molecule has 1 aliphatic heterocycles. The Bertz CT molecular complexity index is 832. The zero-order valence-electron chi connectivity index (χ0n) is 16.4. The Balaban J connectivity index is 1.56. The Hall–Kier alpha value is -2.93. The number of hydrogen-bond acceptors (Lipinski definition) is 5. The van der Waals surface area contributed by atoms with E-state index in [2.05, 4.69) is 15.2 Å². The summed E-state index contributed by atoms with van der Waals surface area (Å²) < 4.78 is 5.21. The lowest BCUT2D eigenvalue weighted by Crippen LogP contribution is -2.47. The highest BCUT2D eigenvalue weighted by molar-refractivity contribution is 5.98. The van der Waals surface area contributed by atoms with Gasteiger partial charge in [-0.1, -0.05) is 12.1 Å². The van der Waals surface area contributed by atoms with Crippen molar-refractivity contribution in [3.8, 4) is 5.75 Å². The van der Waals surface area contributed by atoms with Gasteiger partial charge in [0.15, 0.2) is 0 Å². The maximum Gasteiger partial charge on any atom is 0.272 e. The van der Waals surface area contributed by atoms with Gasteiger partial charge in [-0.05, 0) is 43.3 Å². The Morgan fingerprint density at radius 1 is 1.14 bits per heavy atom. The second-order valence-corrected chi connectivity index (χ2v) is 6.88. The Morgan fingerprint density at radius 2 is 1.93 bits per heavy atom. The number of nitrogens with one attached hydrogen (secondary N) is 1. The van der Waals surface area contributed by atoms with E-state index in [1.165, 1.54) is 6.20 Å². The molecule has 1 aromatic heterocycles. The summed E-state index contributed by atoms with van der Waals surface area (Å²) in [5.74, 6) is 0.460. The summed E-state index contributed by atoms with van der Waals surface area (Å²) in [5, 5.41) is 2.90. The number of carbonyl (C=O) groups excluding carboxylic acids is 2. The van der Waals surface area contributed by atoms with E-state index in [1.807, 2.05) is 31.3 Å². The quantitative estimate of drug-likeness (QED) is 0.819. The predicted molar refractivity (Wildman–Crippen MR) is 107 cm³/mol. The summed E-state index contributed by atoms with van der Waals surface area (Å²) in [7, 11) is 3.67. The van der Waals surface area contributed by atoms with Gasteiger partial charge in [-0.3, -0.25) is 14.6 Å². The van der Waals surface area contributed by atoms with Gasteiger partial charge in [0.2, 0.25) is 0 Å². The largest absolute Gasteiger partial charge is 0.497 e. The van der Waals surface area contributed by atoms with Crippen LogP contribution in [0, 0.1) is 0 Å². The molecule has 1 aromatic carbocycles. The third-order valence-corrected chi connectivity index (χ3v) is 4.87. The number of amides is 2. The molecule has 0 bridgehead atoms. The number of rotatable bonds is 6. The van der Waals surface area contributed by atoms with Gasteiger partial charge in [0.1, 0.15) is 11.4 Å². The summed E-state index contributed by atoms with van der Waals surface area (Å²) >= 11 is 0. The molecule has 0 saturated carbocycles. The second kappa shape index (κ2) is 9.32. The zero-order valence-corrected chi connectivity index (χ0v) is 16.4. The minimum atomic E-state index is -0.210. The van der Waals surface area contributed by atoms with Crippen molar-refractivity contribution in [3.63, 3.8) is 0 Å². The molecule has 148 valence electrons. The first-order valence-electron chi connectivity index (χ1n) is 9.42. The molecule has 0 spiro atoms. The lowest BCUT2D eigenvalue weighted by molar-refractivity contribution is 0.0658. The van der Waals surface area contributed by atoms with Crippen LogP contribution in [-0.2, 0) is 6.42 Å². The van der Waals surface area contributed by atoms with Crippen molar-refractivity contribution in [1.82, 2.24) is 20.1 Å². The molecule has 0 unspecified atom stereocenters. The Kier molecular flexibility index (Phi) is 6.60. The van der Waals surface area contributed by atoms with Crippen LogP contribution in [0.5, 0.6) is 5.75 Å². The molecule has 7 nitrogen and oxygen atoms in total. The lowest BCUT2D eigenvalue weighted by Gasteiger charge is -2.32. The van der Waals surface area contributed by atoms with Crippen molar-refractivity contribution in [2.75, 3.05) is 46.9 Å². The summed E-state index contributed by atoms with van der Waals surface area (Å²) in [6.45, 7) is 3.53. The third kappa shape index (κ3) is 5.07. The number of carbonyl (C=O) groups is 2. The molecule has 2 aromatic rings. The summed E-state index contributed by atoms with van der Waals surface area (Å²) in [6, 6.07) is 11.0. The SMILES string of the molecule is COc1cccc(CCNC(=O)c2ccnc(C(=O)N3CCN(C)CC3)c2)c1. The first kappa shape index (κ1) is 19.8. The normalized spacial score (nSPS) is 14.6. The van der Waals surface area contributed by atoms with Gasteiger partial charge in [-0.15, -0.1) is 0 Å². The number of aromatic nitrogens is 1. The molecule has 1 fully saturated rings.